The fourth-order valence-electron chi connectivity index (χ4n) is 1.84. The molecule has 18 heavy (non-hydrogen) atoms. The lowest BCUT2D eigenvalue weighted by Gasteiger charge is -1.94. The number of oxazole rings is 1. The van der Waals surface area contributed by atoms with Crippen molar-refractivity contribution < 1.29 is 4.42 Å². The first-order chi connectivity index (χ1) is 8.76. The van der Waals surface area contributed by atoms with Gasteiger partial charge in [-0.15, -0.1) is 0 Å². The predicted molar refractivity (Wildman–Crippen MR) is 68.9 cm³/mol. The number of hydrogen-bond acceptors (Lipinski definition) is 3. The average molecular weight is 234 g/mol. The number of benzene rings is 2. The molecule has 3 rings (SSSR count). The van der Waals surface area contributed by atoms with E-state index in [1.165, 1.54) is 0 Å². The molecule has 0 bridgehead atoms. The van der Waals surface area contributed by atoms with E-state index < -0.39 is 0 Å². The van der Waals surface area contributed by atoms with Gasteiger partial charge < -0.3 is 4.42 Å². The normalized spacial score (nSPS) is 10.4. The van der Waals surface area contributed by atoms with E-state index >= 15 is 0 Å². The second-order valence-corrected chi connectivity index (χ2v) is 4.18. The van der Waals surface area contributed by atoms with Crippen LogP contribution >= 0.6 is 0 Å². The molecule has 3 aromatic rings. The zero-order chi connectivity index (χ0) is 12.5. The molecule has 0 atom stereocenters. The molecule has 0 spiro atoms. The Labute approximate surface area is 104 Å². The Morgan fingerprint density at radius 1 is 1.11 bits per heavy atom. The summed E-state index contributed by atoms with van der Waals surface area (Å²) >= 11 is 0. The second-order valence-electron chi connectivity index (χ2n) is 4.18. The van der Waals surface area contributed by atoms with Crippen LogP contribution in [0.25, 0.3) is 22.6 Å². The first-order valence-corrected chi connectivity index (χ1v) is 5.64. The van der Waals surface area contributed by atoms with Crippen molar-refractivity contribution in [2.75, 3.05) is 0 Å². The van der Waals surface area contributed by atoms with E-state index in [0.717, 1.165) is 22.2 Å². The van der Waals surface area contributed by atoms with Crippen molar-refractivity contribution in [3.63, 3.8) is 0 Å². The third-order valence-electron chi connectivity index (χ3n) is 2.80. The van der Waals surface area contributed by atoms with Crippen LogP contribution in [0.1, 0.15) is 11.1 Å². The maximum absolute atomic E-state index is 8.75. The molecule has 1 aromatic heterocycles. The number of rotatable bonds is 1. The van der Waals surface area contributed by atoms with E-state index in [-0.39, 0.29) is 0 Å². The highest BCUT2D eigenvalue weighted by Crippen LogP contribution is 2.24. The fourth-order valence-corrected chi connectivity index (χ4v) is 1.84. The third kappa shape index (κ3) is 1.74. The Bertz CT molecular complexity index is 748. The standard InChI is InChI=1S/C15H10N2O/c1-10-2-7-13-14(8-10)18-15(17-13)12-5-3-11(9-16)4-6-12/h2-8H,1H3. The molecule has 86 valence electrons. The fraction of sp³-hybridized carbons (Fsp3) is 0.0667. The Morgan fingerprint density at radius 2 is 1.89 bits per heavy atom. The summed E-state index contributed by atoms with van der Waals surface area (Å²) < 4.78 is 5.71. The number of aromatic nitrogens is 1. The summed E-state index contributed by atoms with van der Waals surface area (Å²) in [6.07, 6.45) is 0. The van der Waals surface area contributed by atoms with Crippen molar-refractivity contribution in [1.82, 2.24) is 4.98 Å². The van der Waals surface area contributed by atoms with Crippen LogP contribution < -0.4 is 0 Å². The minimum Gasteiger partial charge on any atom is -0.436 e. The third-order valence-corrected chi connectivity index (χ3v) is 2.80. The number of hydrogen-bond donors (Lipinski definition) is 0. The molecule has 0 aliphatic heterocycles. The second kappa shape index (κ2) is 4.01. The summed E-state index contributed by atoms with van der Waals surface area (Å²) in [7, 11) is 0. The van der Waals surface area contributed by atoms with Gasteiger partial charge in [0, 0.05) is 5.56 Å². The maximum Gasteiger partial charge on any atom is 0.227 e. The van der Waals surface area contributed by atoms with E-state index in [2.05, 4.69) is 11.1 Å². The van der Waals surface area contributed by atoms with Crippen LogP contribution in [0.5, 0.6) is 0 Å². The molecular weight excluding hydrogens is 224 g/mol. The molecule has 0 fully saturated rings. The van der Waals surface area contributed by atoms with Crippen molar-refractivity contribution in [3.05, 3.63) is 53.6 Å². The summed E-state index contributed by atoms with van der Waals surface area (Å²) in [6.45, 7) is 2.02. The molecule has 0 saturated carbocycles. The molecule has 0 aliphatic carbocycles. The van der Waals surface area contributed by atoms with Gasteiger partial charge in [-0.3, -0.25) is 0 Å². The van der Waals surface area contributed by atoms with E-state index in [1.54, 1.807) is 12.1 Å². The highest BCUT2D eigenvalue weighted by Gasteiger charge is 2.07. The first kappa shape index (κ1) is 10.5. The van der Waals surface area contributed by atoms with Gasteiger partial charge in [-0.05, 0) is 48.9 Å². The molecule has 1 heterocycles. The summed E-state index contributed by atoms with van der Waals surface area (Å²) in [5.74, 6) is 0.583. The molecule has 0 aliphatic rings. The van der Waals surface area contributed by atoms with Gasteiger partial charge in [0.05, 0.1) is 11.6 Å². The topological polar surface area (TPSA) is 49.8 Å². The smallest absolute Gasteiger partial charge is 0.227 e. The van der Waals surface area contributed by atoms with Gasteiger partial charge in [0.2, 0.25) is 5.89 Å². The Morgan fingerprint density at radius 3 is 2.61 bits per heavy atom. The minimum absolute atomic E-state index is 0.583. The zero-order valence-electron chi connectivity index (χ0n) is 9.84. The zero-order valence-corrected chi connectivity index (χ0v) is 9.84. The first-order valence-electron chi connectivity index (χ1n) is 5.64. The van der Waals surface area contributed by atoms with Crippen LogP contribution in [0, 0.1) is 18.3 Å². The molecule has 0 radical (unpaired) electrons. The van der Waals surface area contributed by atoms with E-state index in [1.807, 2.05) is 37.3 Å². The Kier molecular flexibility index (Phi) is 2.35. The van der Waals surface area contributed by atoms with Gasteiger partial charge >= 0.3 is 0 Å². The van der Waals surface area contributed by atoms with Crippen molar-refractivity contribution in [2.45, 2.75) is 6.92 Å². The highest BCUT2D eigenvalue weighted by atomic mass is 16.3. The average Bonchev–Trinajstić information content (AvgIpc) is 2.81. The Balaban J connectivity index is 2.10. The number of fused-ring (bicyclic) bond motifs is 1. The van der Waals surface area contributed by atoms with Crippen LogP contribution in [-0.2, 0) is 0 Å². The highest BCUT2D eigenvalue weighted by molar-refractivity contribution is 5.76. The van der Waals surface area contributed by atoms with Crippen molar-refractivity contribution in [2.24, 2.45) is 0 Å². The van der Waals surface area contributed by atoms with Gasteiger partial charge in [0.1, 0.15) is 5.52 Å². The monoisotopic (exact) mass is 234 g/mol. The van der Waals surface area contributed by atoms with Crippen molar-refractivity contribution in [1.29, 1.82) is 5.26 Å². The summed E-state index contributed by atoms with van der Waals surface area (Å²) in [5.41, 5.74) is 4.29. The molecular formula is C15H10N2O. The van der Waals surface area contributed by atoms with Gasteiger partial charge in [0.15, 0.2) is 5.58 Å². The SMILES string of the molecule is Cc1ccc2nc(-c3ccc(C#N)cc3)oc2c1. The molecule has 3 nitrogen and oxygen atoms in total. The number of nitrogens with zero attached hydrogens (tertiary/aromatic N) is 2. The largest absolute Gasteiger partial charge is 0.436 e. The maximum atomic E-state index is 8.75. The molecule has 0 N–H and O–H groups in total. The molecule has 0 saturated heterocycles. The van der Waals surface area contributed by atoms with Crippen molar-refractivity contribution >= 4 is 11.1 Å². The summed E-state index contributed by atoms with van der Waals surface area (Å²) in [5, 5.41) is 8.75. The van der Waals surface area contributed by atoms with Crippen LogP contribution in [0.2, 0.25) is 0 Å². The quantitative estimate of drug-likeness (QED) is 0.645. The molecule has 0 unspecified atom stereocenters. The lowest BCUT2D eigenvalue weighted by molar-refractivity contribution is 0.619. The predicted octanol–water partition coefficient (Wildman–Crippen LogP) is 3.67. The minimum atomic E-state index is 0.583. The van der Waals surface area contributed by atoms with Crippen LogP contribution in [0.3, 0.4) is 0 Å². The van der Waals surface area contributed by atoms with Crippen LogP contribution in [-0.4, -0.2) is 4.98 Å². The lowest BCUT2D eigenvalue weighted by Crippen LogP contribution is -1.78. The number of nitriles is 1. The van der Waals surface area contributed by atoms with Crippen LogP contribution in [0.15, 0.2) is 46.9 Å². The van der Waals surface area contributed by atoms with E-state index in [4.69, 9.17) is 9.68 Å². The summed E-state index contributed by atoms with van der Waals surface area (Å²) in [6, 6.07) is 15.2. The lowest BCUT2D eigenvalue weighted by atomic mass is 10.1. The van der Waals surface area contributed by atoms with Gasteiger partial charge in [0.25, 0.3) is 0 Å². The van der Waals surface area contributed by atoms with Crippen LogP contribution in [0.4, 0.5) is 0 Å². The molecule has 0 amide bonds. The van der Waals surface area contributed by atoms with E-state index in [0.29, 0.717) is 11.5 Å². The summed E-state index contributed by atoms with van der Waals surface area (Å²) in [4.78, 5) is 4.43. The number of aryl methyl sites for hydroxylation is 1. The van der Waals surface area contributed by atoms with Gasteiger partial charge in [-0.2, -0.15) is 5.26 Å². The molecule has 3 heteroatoms. The van der Waals surface area contributed by atoms with Crippen molar-refractivity contribution in [3.8, 4) is 17.5 Å². The Hall–Kier alpha value is -2.60. The van der Waals surface area contributed by atoms with Gasteiger partial charge in [-0.1, -0.05) is 6.07 Å². The van der Waals surface area contributed by atoms with Gasteiger partial charge in [-0.25, -0.2) is 4.98 Å². The molecule has 2 aromatic carbocycles. The van der Waals surface area contributed by atoms with E-state index in [9.17, 15) is 0 Å².